The molecule has 0 radical (unpaired) electrons. The molecule has 0 aliphatic heterocycles. The van der Waals surface area contributed by atoms with Gasteiger partial charge in [0.2, 0.25) is 0 Å². The minimum Gasteiger partial charge on any atom is -0.493 e. The van der Waals surface area contributed by atoms with Gasteiger partial charge in [-0.15, -0.1) is 0 Å². The Bertz CT molecular complexity index is 628. The van der Waals surface area contributed by atoms with Crippen LogP contribution in [0.3, 0.4) is 0 Å². The number of halogens is 1. The van der Waals surface area contributed by atoms with Crippen molar-refractivity contribution in [3.05, 3.63) is 59.7 Å². The van der Waals surface area contributed by atoms with Crippen molar-refractivity contribution >= 4 is 21.9 Å². The van der Waals surface area contributed by atoms with Crippen LogP contribution in [0.25, 0.3) is 0 Å². The van der Waals surface area contributed by atoms with Gasteiger partial charge >= 0.3 is 5.97 Å². The molecule has 0 heterocycles. The van der Waals surface area contributed by atoms with Gasteiger partial charge in [-0.3, -0.25) is 4.79 Å². The van der Waals surface area contributed by atoms with Crippen molar-refractivity contribution in [3.63, 3.8) is 0 Å². The van der Waals surface area contributed by atoms with E-state index in [1.54, 1.807) is 13.2 Å². The number of ether oxygens (including phenoxy) is 3. The summed E-state index contributed by atoms with van der Waals surface area (Å²) in [6.45, 7) is 0.807. The lowest BCUT2D eigenvalue weighted by molar-refractivity contribution is -0.142. The molecule has 0 unspecified atom stereocenters. The Morgan fingerprint density at radius 2 is 1.83 bits per heavy atom. The van der Waals surface area contributed by atoms with Gasteiger partial charge in [0.05, 0.1) is 13.5 Å². The summed E-state index contributed by atoms with van der Waals surface area (Å²) in [5, 5.41) is 0.632. The smallest absolute Gasteiger partial charge is 0.310 e. The maximum absolute atomic E-state index is 11.7. The molecule has 4 nitrogen and oxygen atoms in total. The number of alkyl halides is 1. The average molecular weight is 379 g/mol. The number of hydrogen-bond acceptors (Lipinski definition) is 4. The molecule has 0 aliphatic carbocycles. The number of benzene rings is 2. The quantitative estimate of drug-likeness (QED) is 0.518. The zero-order chi connectivity index (χ0) is 16.5. The summed E-state index contributed by atoms with van der Waals surface area (Å²) in [6, 6.07) is 15.3. The summed E-state index contributed by atoms with van der Waals surface area (Å²) in [7, 11) is 1.59. The molecule has 0 N–H and O–H groups in total. The van der Waals surface area contributed by atoms with Gasteiger partial charge in [0.15, 0.2) is 11.5 Å². The third kappa shape index (κ3) is 5.60. The fourth-order valence-corrected chi connectivity index (χ4v) is 2.21. The molecule has 2 aromatic rings. The van der Waals surface area contributed by atoms with E-state index in [4.69, 9.17) is 14.2 Å². The van der Waals surface area contributed by atoms with Crippen molar-refractivity contribution in [2.45, 2.75) is 13.0 Å². The molecule has 0 atom stereocenters. The van der Waals surface area contributed by atoms with Crippen LogP contribution in [0.5, 0.6) is 11.5 Å². The molecule has 2 aromatic carbocycles. The first kappa shape index (κ1) is 17.3. The third-order valence-electron chi connectivity index (χ3n) is 3.15. The van der Waals surface area contributed by atoms with Crippen LogP contribution in [0.2, 0.25) is 0 Å². The fraction of sp³-hybridized carbons (Fsp3) is 0.278. The van der Waals surface area contributed by atoms with Crippen LogP contribution >= 0.6 is 15.9 Å². The summed E-state index contributed by atoms with van der Waals surface area (Å²) in [5.74, 6) is 0.990. The third-order valence-corrected chi connectivity index (χ3v) is 3.48. The largest absolute Gasteiger partial charge is 0.493 e. The van der Waals surface area contributed by atoms with E-state index < -0.39 is 0 Å². The molecule has 122 valence electrons. The molecule has 0 spiro atoms. The molecule has 23 heavy (non-hydrogen) atoms. The Hall–Kier alpha value is -2.01. The van der Waals surface area contributed by atoms with Crippen LogP contribution in [0.15, 0.2) is 48.5 Å². The highest BCUT2D eigenvalue weighted by Gasteiger charge is 2.10. The van der Waals surface area contributed by atoms with Gasteiger partial charge in [0, 0.05) is 5.33 Å². The van der Waals surface area contributed by atoms with Gasteiger partial charge in [-0.05, 0) is 23.3 Å². The monoisotopic (exact) mass is 378 g/mol. The number of methoxy groups -OCH3 is 1. The lowest BCUT2D eigenvalue weighted by atomic mass is 10.1. The lowest BCUT2D eigenvalue weighted by Crippen LogP contribution is -2.09. The number of rotatable bonds is 8. The first-order valence-electron chi connectivity index (χ1n) is 7.28. The SMILES string of the molecule is COc1ccc(CC(=O)OCCBr)cc1OCc1ccccc1. The van der Waals surface area contributed by atoms with Gasteiger partial charge in [-0.25, -0.2) is 0 Å². The predicted molar refractivity (Wildman–Crippen MR) is 92.2 cm³/mol. The van der Waals surface area contributed by atoms with E-state index in [-0.39, 0.29) is 12.4 Å². The Morgan fingerprint density at radius 3 is 2.52 bits per heavy atom. The maximum atomic E-state index is 11.7. The average Bonchev–Trinajstić information content (AvgIpc) is 2.59. The standard InChI is InChI=1S/C18H19BrO4/c1-21-16-8-7-15(12-18(20)22-10-9-19)11-17(16)23-13-14-5-3-2-4-6-14/h2-8,11H,9-10,12-13H2,1H3. The van der Waals surface area contributed by atoms with Crippen LogP contribution in [0, 0.1) is 0 Å². The second-order valence-corrected chi connectivity index (χ2v) is 5.64. The van der Waals surface area contributed by atoms with E-state index in [1.807, 2.05) is 42.5 Å². The molecular formula is C18H19BrO4. The molecular weight excluding hydrogens is 360 g/mol. The van der Waals surface area contributed by atoms with Crippen molar-refractivity contribution < 1.29 is 19.0 Å². The van der Waals surface area contributed by atoms with E-state index in [0.717, 1.165) is 11.1 Å². The molecule has 0 aromatic heterocycles. The van der Waals surface area contributed by atoms with Crippen molar-refractivity contribution in [3.8, 4) is 11.5 Å². The van der Waals surface area contributed by atoms with Crippen molar-refractivity contribution in [1.82, 2.24) is 0 Å². The second-order valence-electron chi connectivity index (χ2n) is 4.85. The molecule has 0 saturated heterocycles. The summed E-state index contributed by atoms with van der Waals surface area (Å²) in [4.78, 5) is 11.7. The lowest BCUT2D eigenvalue weighted by Gasteiger charge is -2.12. The molecule has 0 saturated carbocycles. The van der Waals surface area contributed by atoms with Gasteiger partial charge in [-0.2, -0.15) is 0 Å². The Morgan fingerprint density at radius 1 is 1.04 bits per heavy atom. The Kier molecular flexibility index (Phi) is 6.94. The normalized spacial score (nSPS) is 10.2. The molecule has 5 heteroatoms. The van der Waals surface area contributed by atoms with Crippen molar-refractivity contribution in [2.24, 2.45) is 0 Å². The van der Waals surface area contributed by atoms with Crippen LogP contribution < -0.4 is 9.47 Å². The van der Waals surface area contributed by atoms with E-state index in [1.165, 1.54) is 0 Å². The van der Waals surface area contributed by atoms with Crippen LogP contribution in [0.1, 0.15) is 11.1 Å². The minimum atomic E-state index is -0.261. The van der Waals surface area contributed by atoms with Gasteiger partial charge in [0.25, 0.3) is 0 Å². The topological polar surface area (TPSA) is 44.8 Å². The van der Waals surface area contributed by atoms with Gasteiger partial charge in [0.1, 0.15) is 13.2 Å². The first-order valence-corrected chi connectivity index (χ1v) is 8.40. The van der Waals surface area contributed by atoms with Crippen LogP contribution in [-0.2, 0) is 22.6 Å². The minimum absolute atomic E-state index is 0.207. The summed E-state index contributed by atoms with van der Waals surface area (Å²) >= 11 is 3.22. The van der Waals surface area contributed by atoms with E-state index in [2.05, 4.69) is 15.9 Å². The number of esters is 1. The number of carbonyl (C=O) groups is 1. The van der Waals surface area contributed by atoms with E-state index >= 15 is 0 Å². The van der Waals surface area contributed by atoms with Crippen LogP contribution in [0.4, 0.5) is 0 Å². The highest BCUT2D eigenvalue weighted by atomic mass is 79.9. The second kappa shape index (κ2) is 9.20. The molecule has 2 rings (SSSR count). The molecule has 0 fully saturated rings. The van der Waals surface area contributed by atoms with Crippen LogP contribution in [-0.4, -0.2) is 25.0 Å². The van der Waals surface area contributed by atoms with Gasteiger partial charge < -0.3 is 14.2 Å². The number of hydrogen-bond donors (Lipinski definition) is 0. The highest BCUT2D eigenvalue weighted by Crippen LogP contribution is 2.29. The first-order chi connectivity index (χ1) is 11.2. The van der Waals surface area contributed by atoms with Crippen molar-refractivity contribution in [1.29, 1.82) is 0 Å². The van der Waals surface area contributed by atoms with E-state index in [0.29, 0.717) is 30.0 Å². The molecule has 0 amide bonds. The maximum Gasteiger partial charge on any atom is 0.310 e. The summed E-state index contributed by atoms with van der Waals surface area (Å²) < 4.78 is 16.2. The fourth-order valence-electron chi connectivity index (χ4n) is 2.05. The summed E-state index contributed by atoms with van der Waals surface area (Å²) in [6.07, 6.45) is 0.207. The predicted octanol–water partition coefficient (Wildman–Crippen LogP) is 3.75. The van der Waals surface area contributed by atoms with Crippen molar-refractivity contribution in [2.75, 3.05) is 19.0 Å². The van der Waals surface area contributed by atoms with E-state index in [9.17, 15) is 4.79 Å². The number of carbonyl (C=O) groups excluding carboxylic acids is 1. The Balaban J connectivity index is 2.04. The zero-order valence-corrected chi connectivity index (χ0v) is 14.5. The highest BCUT2D eigenvalue weighted by molar-refractivity contribution is 9.09. The molecule has 0 bridgehead atoms. The Labute approximate surface area is 144 Å². The summed E-state index contributed by atoms with van der Waals surface area (Å²) in [5.41, 5.74) is 1.89. The molecule has 0 aliphatic rings. The zero-order valence-electron chi connectivity index (χ0n) is 13.0. The van der Waals surface area contributed by atoms with Gasteiger partial charge in [-0.1, -0.05) is 52.3 Å².